The number of carbonyl (C=O) groups is 4. The molecular formula is C28H26N2O4. The molecule has 0 N–H and O–H groups in total. The number of imide groups is 1. The van der Waals surface area contributed by atoms with Crippen LogP contribution in [0.1, 0.15) is 56.2 Å². The van der Waals surface area contributed by atoms with Gasteiger partial charge in [-0.2, -0.15) is 0 Å². The van der Waals surface area contributed by atoms with Crippen molar-refractivity contribution in [3.8, 4) is 11.8 Å². The summed E-state index contributed by atoms with van der Waals surface area (Å²) in [6, 6.07) is 15.4. The zero-order valence-corrected chi connectivity index (χ0v) is 19.4. The second-order valence-electron chi connectivity index (χ2n) is 8.56. The van der Waals surface area contributed by atoms with Crippen LogP contribution in [0.4, 0.5) is 5.69 Å². The molecule has 3 amide bonds. The Morgan fingerprint density at radius 3 is 2.18 bits per heavy atom. The average molecular weight is 455 g/mol. The van der Waals surface area contributed by atoms with Gasteiger partial charge in [-0.15, -0.1) is 0 Å². The van der Waals surface area contributed by atoms with E-state index in [-0.39, 0.29) is 49.3 Å². The summed E-state index contributed by atoms with van der Waals surface area (Å²) in [4.78, 5) is 52.7. The Bertz CT molecular complexity index is 1250. The van der Waals surface area contributed by atoms with Crippen molar-refractivity contribution in [1.82, 2.24) is 4.90 Å². The van der Waals surface area contributed by atoms with Gasteiger partial charge in [-0.1, -0.05) is 42.2 Å². The summed E-state index contributed by atoms with van der Waals surface area (Å²) in [6.45, 7) is 3.74. The molecule has 0 aromatic heterocycles. The minimum Gasteiger partial charge on any atom is -0.307 e. The molecule has 0 fully saturated rings. The number of fused-ring (bicyclic) bond motifs is 2. The van der Waals surface area contributed by atoms with Crippen LogP contribution in [0.2, 0.25) is 0 Å². The summed E-state index contributed by atoms with van der Waals surface area (Å²) in [5.41, 5.74) is 4.31. The van der Waals surface area contributed by atoms with E-state index in [1.807, 2.05) is 48.5 Å². The van der Waals surface area contributed by atoms with Gasteiger partial charge in [-0.3, -0.25) is 24.1 Å². The molecule has 2 heterocycles. The van der Waals surface area contributed by atoms with E-state index in [0.717, 1.165) is 27.3 Å². The van der Waals surface area contributed by atoms with Crippen molar-refractivity contribution >= 4 is 29.2 Å². The number of para-hydroxylation sites is 1. The van der Waals surface area contributed by atoms with Gasteiger partial charge < -0.3 is 4.90 Å². The van der Waals surface area contributed by atoms with E-state index in [1.165, 1.54) is 0 Å². The summed E-state index contributed by atoms with van der Waals surface area (Å²) in [7, 11) is 0. The Kier molecular flexibility index (Phi) is 6.74. The number of hydrogen-bond donors (Lipinski definition) is 0. The van der Waals surface area contributed by atoms with E-state index in [9.17, 15) is 19.2 Å². The molecule has 4 rings (SSSR count). The molecule has 0 unspecified atom stereocenters. The number of ketones is 1. The van der Waals surface area contributed by atoms with Crippen LogP contribution in [0.15, 0.2) is 59.7 Å². The van der Waals surface area contributed by atoms with Crippen molar-refractivity contribution in [2.45, 2.75) is 46.1 Å². The maximum Gasteiger partial charge on any atom is 0.256 e. The predicted octanol–water partition coefficient (Wildman–Crippen LogP) is 3.77. The van der Waals surface area contributed by atoms with Crippen molar-refractivity contribution in [1.29, 1.82) is 0 Å². The summed E-state index contributed by atoms with van der Waals surface area (Å²) < 4.78 is 0. The van der Waals surface area contributed by atoms with E-state index in [1.54, 1.807) is 18.7 Å². The number of benzene rings is 2. The van der Waals surface area contributed by atoms with Gasteiger partial charge in [0.15, 0.2) is 0 Å². The fourth-order valence-corrected chi connectivity index (χ4v) is 4.16. The Balaban J connectivity index is 1.36. The molecule has 0 bridgehead atoms. The first-order valence-corrected chi connectivity index (χ1v) is 11.4. The lowest BCUT2D eigenvalue weighted by Gasteiger charge is -2.26. The van der Waals surface area contributed by atoms with E-state index in [4.69, 9.17) is 0 Å². The molecule has 2 aromatic rings. The number of carbonyl (C=O) groups excluding carboxylic acids is 4. The highest BCUT2D eigenvalue weighted by Crippen LogP contribution is 2.26. The molecule has 2 aromatic carbocycles. The molecule has 0 radical (unpaired) electrons. The molecule has 6 heteroatoms. The molecule has 0 spiro atoms. The zero-order valence-electron chi connectivity index (χ0n) is 19.4. The molecule has 172 valence electrons. The minimum atomic E-state index is -0.329. The molecule has 0 saturated carbocycles. The standard InChI is InChI=1S/C28H26N2O4/c1-19-20(2)28(34)29(27(19)33)17-16-24(31)11-7-13-26(32)30-18-23-10-4-3-8-21(23)14-15-22-9-5-6-12-25(22)30/h3-6,8-10,12H,7,11,13,16-18H2,1-2H3. The summed E-state index contributed by atoms with van der Waals surface area (Å²) in [5.74, 6) is 5.58. The van der Waals surface area contributed by atoms with Crippen LogP contribution in [0.5, 0.6) is 0 Å². The molecule has 2 aliphatic rings. The van der Waals surface area contributed by atoms with E-state index in [0.29, 0.717) is 24.1 Å². The van der Waals surface area contributed by atoms with Crippen LogP contribution < -0.4 is 4.90 Å². The van der Waals surface area contributed by atoms with E-state index in [2.05, 4.69) is 11.8 Å². The number of Topliss-reactive ketones (excluding diaryl/α,β-unsaturated/α-hetero) is 1. The van der Waals surface area contributed by atoms with Crippen LogP contribution in [0, 0.1) is 11.8 Å². The Hall–Kier alpha value is -3.98. The lowest BCUT2D eigenvalue weighted by molar-refractivity contribution is -0.137. The Morgan fingerprint density at radius 1 is 0.824 bits per heavy atom. The first-order chi connectivity index (χ1) is 16.4. The minimum absolute atomic E-state index is 0.0696. The number of hydrogen-bond acceptors (Lipinski definition) is 4. The van der Waals surface area contributed by atoms with Gasteiger partial charge in [0.25, 0.3) is 11.8 Å². The highest BCUT2D eigenvalue weighted by molar-refractivity contribution is 6.18. The second-order valence-corrected chi connectivity index (χ2v) is 8.56. The SMILES string of the molecule is CC1=C(C)C(=O)N(CCC(=O)CCCC(=O)N2Cc3ccccc3C#Cc3ccccc32)C1=O. The lowest BCUT2D eigenvalue weighted by atomic mass is 10.0. The van der Waals surface area contributed by atoms with Gasteiger partial charge in [-0.05, 0) is 44.0 Å². The van der Waals surface area contributed by atoms with Crippen LogP contribution in [0.3, 0.4) is 0 Å². The third-order valence-corrected chi connectivity index (χ3v) is 6.33. The van der Waals surface area contributed by atoms with Gasteiger partial charge in [0.2, 0.25) is 5.91 Å². The summed E-state index contributed by atoms with van der Waals surface area (Å²) in [6.07, 6.45) is 0.944. The molecule has 34 heavy (non-hydrogen) atoms. The number of amides is 3. The van der Waals surface area contributed by atoms with E-state index >= 15 is 0 Å². The van der Waals surface area contributed by atoms with Crippen molar-refractivity contribution in [2.75, 3.05) is 11.4 Å². The quantitative estimate of drug-likeness (QED) is 0.472. The molecule has 0 aliphatic carbocycles. The van der Waals surface area contributed by atoms with Gasteiger partial charge >= 0.3 is 0 Å². The monoisotopic (exact) mass is 454 g/mol. The average Bonchev–Trinajstić information content (AvgIpc) is 3.01. The highest BCUT2D eigenvalue weighted by atomic mass is 16.2. The van der Waals surface area contributed by atoms with Gasteiger partial charge in [0.1, 0.15) is 5.78 Å². The Morgan fingerprint density at radius 2 is 1.44 bits per heavy atom. The topological polar surface area (TPSA) is 74.8 Å². The highest BCUT2D eigenvalue weighted by Gasteiger charge is 2.33. The molecule has 6 nitrogen and oxygen atoms in total. The lowest BCUT2D eigenvalue weighted by Crippen LogP contribution is -2.33. The van der Waals surface area contributed by atoms with Crippen LogP contribution >= 0.6 is 0 Å². The van der Waals surface area contributed by atoms with Gasteiger partial charge in [0, 0.05) is 48.1 Å². The van der Waals surface area contributed by atoms with Crippen LogP contribution in [-0.2, 0) is 25.7 Å². The first kappa shape index (κ1) is 23.2. The predicted molar refractivity (Wildman–Crippen MR) is 129 cm³/mol. The number of rotatable bonds is 7. The third kappa shape index (κ3) is 4.69. The van der Waals surface area contributed by atoms with Gasteiger partial charge in [-0.25, -0.2) is 0 Å². The number of nitrogens with zero attached hydrogens (tertiary/aromatic N) is 2. The van der Waals surface area contributed by atoms with Crippen molar-refractivity contribution in [2.24, 2.45) is 0 Å². The molecular weight excluding hydrogens is 428 g/mol. The third-order valence-electron chi connectivity index (χ3n) is 6.33. The second kappa shape index (κ2) is 9.88. The van der Waals surface area contributed by atoms with Gasteiger partial charge in [0.05, 0.1) is 12.2 Å². The summed E-state index contributed by atoms with van der Waals surface area (Å²) in [5, 5.41) is 0. The van der Waals surface area contributed by atoms with Crippen molar-refractivity contribution in [3.05, 3.63) is 76.4 Å². The molecule has 0 atom stereocenters. The fourth-order valence-electron chi connectivity index (χ4n) is 4.16. The smallest absolute Gasteiger partial charge is 0.256 e. The maximum atomic E-state index is 13.2. The van der Waals surface area contributed by atoms with Crippen LogP contribution in [0.25, 0.3) is 0 Å². The summed E-state index contributed by atoms with van der Waals surface area (Å²) >= 11 is 0. The Labute approximate surface area is 199 Å². The normalized spacial score (nSPS) is 14.8. The zero-order chi connectivity index (χ0) is 24.2. The van der Waals surface area contributed by atoms with E-state index < -0.39 is 0 Å². The largest absolute Gasteiger partial charge is 0.307 e. The fraction of sp³-hybridized carbons (Fsp3) is 0.286. The van der Waals surface area contributed by atoms with Crippen LogP contribution in [-0.4, -0.2) is 34.9 Å². The molecule has 2 aliphatic heterocycles. The maximum absolute atomic E-state index is 13.2. The number of anilines is 1. The van der Waals surface area contributed by atoms with Crippen molar-refractivity contribution < 1.29 is 19.2 Å². The first-order valence-electron chi connectivity index (χ1n) is 11.4. The van der Waals surface area contributed by atoms with Crippen molar-refractivity contribution in [3.63, 3.8) is 0 Å². The molecule has 0 saturated heterocycles.